The van der Waals surface area contributed by atoms with Crippen molar-refractivity contribution < 1.29 is 14.7 Å². The number of aromatic nitrogens is 1. The number of halogens is 1. The van der Waals surface area contributed by atoms with Crippen LogP contribution in [0.3, 0.4) is 0 Å². The molecule has 116 valence electrons. The molecule has 0 radical (unpaired) electrons. The zero-order valence-electron chi connectivity index (χ0n) is 12.1. The third-order valence-corrected chi connectivity index (χ3v) is 3.98. The van der Waals surface area contributed by atoms with Gasteiger partial charge in [0.2, 0.25) is 5.91 Å². The van der Waals surface area contributed by atoms with Gasteiger partial charge in [0.1, 0.15) is 6.54 Å². The summed E-state index contributed by atoms with van der Waals surface area (Å²) in [5.41, 5.74) is -1.07. The minimum atomic E-state index is -0.960. The Hall–Kier alpha value is -1.63. The highest BCUT2D eigenvalue weighted by atomic mass is 79.9. The Morgan fingerprint density at radius 2 is 1.95 bits per heavy atom. The van der Waals surface area contributed by atoms with Gasteiger partial charge in [-0.05, 0) is 34.8 Å². The first kappa shape index (κ1) is 17.4. The van der Waals surface area contributed by atoms with Crippen molar-refractivity contribution in [3.8, 4) is 0 Å². The Kier molecular flexibility index (Phi) is 6.14. The van der Waals surface area contributed by atoms with Crippen LogP contribution < -0.4 is 10.9 Å². The number of hydrogen-bond acceptors (Lipinski definition) is 3. The van der Waals surface area contributed by atoms with Gasteiger partial charge in [0.05, 0.1) is 12.0 Å². The Labute approximate surface area is 131 Å². The maximum absolute atomic E-state index is 12.1. The van der Waals surface area contributed by atoms with Gasteiger partial charge in [0.25, 0.3) is 5.56 Å². The van der Waals surface area contributed by atoms with Crippen LogP contribution in [-0.2, 0) is 16.1 Å². The van der Waals surface area contributed by atoms with Crippen LogP contribution in [0.5, 0.6) is 0 Å². The van der Waals surface area contributed by atoms with Crippen molar-refractivity contribution in [2.75, 3.05) is 0 Å². The Morgan fingerprint density at radius 3 is 2.48 bits per heavy atom. The molecule has 2 N–H and O–H groups in total. The van der Waals surface area contributed by atoms with E-state index in [9.17, 15) is 14.4 Å². The standard InChI is InChI=1S/C14H19BrN2O4/c1-3-14(4-2,7-13(20)21)16-11(18)9-17-8-10(15)5-6-12(17)19/h5-6,8H,3-4,7,9H2,1-2H3,(H,16,18)(H,20,21). The molecule has 1 heterocycles. The van der Waals surface area contributed by atoms with E-state index in [2.05, 4.69) is 21.2 Å². The molecule has 1 amide bonds. The van der Waals surface area contributed by atoms with Gasteiger partial charge in [-0.1, -0.05) is 13.8 Å². The summed E-state index contributed by atoms with van der Waals surface area (Å²) in [6.45, 7) is 3.52. The molecule has 0 bridgehead atoms. The molecular weight excluding hydrogens is 340 g/mol. The van der Waals surface area contributed by atoms with Gasteiger partial charge < -0.3 is 15.0 Å². The van der Waals surface area contributed by atoms with Gasteiger partial charge in [-0.15, -0.1) is 0 Å². The zero-order chi connectivity index (χ0) is 16.0. The van der Waals surface area contributed by atoms with E-state index in [1.165, 1.54) is 16.8 Å². The number of carboxylic acids is 1. The Bertz CT molecular complexity index is 579. The second kappa shape index (κ2) is 7.40. The van der Waals surface area contributed by atoms with Gasteiger partial charge in [-0.3, -0.25) is 14.4 Å². The lowest BCUT2D eigenvalue weighted by Gasteiger charge is -2.31. The van der Waals surface area contributed by atoms with Crippen LogP contribution >= 0.6 is 15.9 Å². The van der Waals surface area contributed by atoms with Gasteiger partial charge in [-0.2, -0.15) is 0 Å². The molecule has 1 aromatic rings. The summed E-state index contributed by atoms with van der Waals surface area (Å²) in [5.74, 6) is -1.33. The van der Waals surface area contributed by atoms with E-state index in [0.29, 0.717) is 17.3 Å². The number of amides is 1. The average molecular weight is 359 g/mol. The van der Waals surface area contributed by atoms with Gasteiger partial charge in [-0.25, -0.2) is 0 Å². The predicted molar refractivity (Wildman–Crippen MR) is 82.1 cm³/mol. The fraction of sp³-hybridized carbons (Fsp3) is 0.500. The van der Waals surface area contributed by atoms with Crippen molar-refractivity contribution in [3.05, 3.63) is 33.2 Å². The number of rotatable bonds is 7. The summed E-state index contributed by atoms with van der Waals surface area (Å²) in [6, 6.07) is 2.96. The highest BCUT2D eigenvalue weighted by Gasteiger charge is 2.30. The van der Waals surface area contributed by atoms with E-state index < -0.39 is 11.5 Å². The predicted octanol–water partition coefficient (Wildman–Crippen LogP) is 1.76. The number of nitrogens with one attached hydrogen (secondary N) is 1. The third-order valence-electron chi connectivity index (χ3n) is 3.51. The third kappa shape index (κ3) is 5.00. The number of hydrogen-bond donors (Lipinski definition) is 2. The number of pyridine rings is 1. The first-order valence-corrected chi connectivity index (χ1v) is 7.50. The van der Waals surface area contributed by atoms with Crippen LogP contribution in [0.1, 0.15) is 33.1 Å². The molecule has 21 heavy (non-hydrogen) atoms. The molecule has 6 nitrogen and oxygen atoms in total. The second-order valence-electron chi connectivity index (χ2n) is 4.92. The van der Waals surface area contributed by atoms with Crippen molar-refractivity contribution in [2.24, 2.45) is 0 Å². The highest BCUT2D eigenvalue weighted by Crippen LogP contribution is 2.19. The van der Waals surface area contributed by atoms with Crippen molar-refractivity contribution >= 4 is 27.8 Å². The fourth-order valence-corrected chi connectivity index (χ4v) is 2.51. The van der Waals surface area contributed by atoms with E-state index in [1.54, 1.807) is 6.07 Å². The molecule has 0 saturated heterocycles. The number of aliphatic carboxylic acids is 1. The molecule has 0 aliphatic carbocycles. The van der Waals surface area contributed by atoms with Crippen LogP contribution in [0, 0.1) is 0 Å². The lowest BCUT2D eigenvalue weighted by Crippen LogP contribution is -2.50. The van der Waals surface area contributed by atoms with E-state index in [-0.39, 0.29) is 24.4 Å². The molecule has 1 aromatic heterocycles. The molecule has 0 aliphatic heterocycles. The van der Waals surface area contributed by atoms with Gasteiger partial charge in [0.15, 0.2) is 0 Å². The van der Waals surface area contributed by atoms with Crippen LogP contribution in [0.25, 0.3) is 0 Å². The normalized spacial score (nSPS) is 11.2. The topological polar surface area (TPSA) is 88.4 Å². The van der Waals surface area contributed by atoms with Gasteiger partial charge >= 0.3 is 5.97 Å². The Balaban J connectivity index is 2.85. The number of nitrogens with zero attached hydrogens (tertiary/aromatic N) is 1. The molecule has 0 unspecified atom stereocenters. The molecule has 0 aromatic carbocycles. The van der Waals surface area contributed by atoms with Crippen LogP contribution in [0.15, 0.2) is 27.6 Å². The molecule has 0 spiro atoms. The van der Waals surface area contributed by atoms with Crippen molar-refractivity contribution in [1.29, 1.82) is 0 Å². The number of carboxylic acid groups (broad SMARTS) is 1. The zero-order valence-corrected chi connectivity index (χ0v) is 13.6. The Morgan fingerprint density at radius 1 is 1.33 bits per heavy atom. The lowest BCUT2D eigenvalue weighted by molar-refractivity contribution is -0.139. The second-order valence-corrected chi connectivity index (χ2v) is 5.84. The van der Waals surface area contributed by atoms with Crippen molar-refractivity contribution in [2.45, 2.75) is 45.2 Å². The first-order chi connectivity index (χ1) is 9.81. The minimum Gasteiger partial charge on any atom is -0.481 e. The summed E-state index contributed by atoms with van der Waals surface area (Å²) >= 11 is 3.24. The van der Waals surface area contributed by atoms with Crippen LogP contribution in [0.2, 0.25) is 0 Å². The summed E-state index contributed by atoms with van der Waals surface area (Å²) < 4.78 is 1.97. The van der Waals surface area contributed by atoms with Crippen LogP contribution in [-0.4, -0.2) is 27.1 Å². The van der Waals surface area contributed by atoms with Crippen molar-refractivity contribution in [3.63, 3.8) is 0 Å². The lowest BCUT2D eigenvalue weighted by atomic mass is 9.89. The SMILES string of the molecule is CCC(CC)(CC(=O)O)NC(=O)Cn1cc(Br)ccc1=O. The van der Waals surface area contributed by atoms with E-state index in [1.807, 2.05) is 13.8 Å². The summed E-state index contributed by atoms with van der Waals surface area (Å²) in [6.07, 6.45) is 2.40. The minimum absolute atomic E-state index is 0.139. The molecule has 0 atom stereocenters. The molecular formula is C14H19BrN2O4. The summed E-state index contributed by atoms with van der Waals surface area (Å²) in [7, 11) is 0. The quantitative estimate of drug-likeness (QED) is 0.777. The monoisotopic (exact) mass is 358 g/mol. The van der Waals surface area contributed by atoms with Crippen molar-refractivity contribution in [1.82, 2.24) is 9.88 Å². The van der Waals surface area contributed by atoms with E-state index >= 15 is 0 Å². The van der Waals surface area contributed by atoms with E-state index in [0.717, 1.165) is 0 Å². The fourth-order valence-electron chi connectivity index (χ4n) is 2.13. The molecule has 1 rings (SSSR count). The number of carbonyl (C=O) groups excluding carboxylic acids is 1. The molecule has 0 aliphatic rings. The average Bonchev–Trinajstić information content (AvgIpc) is 2.41. The maximum atomic E-state index is 12.1. The van der Waals surface area contributed by atoms with E-state index in [4.69, 9.17) is 5.11 Å². The number of carbonyl (C=O) groups is 2. The summed E-state index contributed by atoms with van der Waals surface area (Å²) in [4.78, 5) is 34.7. The maximum Gasteiger partial charge on any atom is 0.305 e. The smallest absolute Gasteiger partial charge is 0.305 e. The molecule has 7 heteroatoms. The highest BCUT2D eigenvalue weighted by molar-refractivity contribution is 9.10. The molecule has 0 fully saturated rings. The largest absolute Gasteiger partial charge is 0.481 e. The molecule has 0 saturated carbocycles. The van der Waals surface area contributed by atoms with Crippen LogP contribution in [0.4, 0.5) is 0 Å². The first-order valence-electron chi connectivity index (χ1n) is 6.70. The van der Waals surface area contributed by atoms with Gasteiger partial charge in [0, 0.05) is 16.7 Å². The summed E-state index contributed by atoms with van der Waals surface area (Å²) in [5, 5.41) is 11.7.